The van der Waals surface area contributed by atoms with Crippen molar-refractivity contribution in [1.29, 1.82) is 0 Å². The molecule has 0 aromatic heterocycles. The average molecular weight is 1350 g/mol. The molecule has 29 heteroatoms. The highest BCUT2D eigenvalue weighted by Crippen LogP contribution is 2.50. The predicted octanol–water partition coefficient (Wildman–Crippen LogP) is 24.4. The summed E-state index contributed by atoms with van der Waals surface area (Å²) < 4.78 is 351. The van der Waals surface area contributed by atoms with Gasteiger partial charge in [0, 0.05) is 6.42 Å². The summed E-state index contributed by atoms with van der Waals surface area (Å²) in [5, 5.41) is 0. The van der Waals surface area contributed by atoms with Gasteiger partial charge in [-0.2, -0.15) is 124 Å². The van der Waals surface area contributed by atoms with Crippen LogP contribution >= 0.6 is 0 Å². The molecular weight excluding hydrogens is 1270 g/mol. The summed E-state index contributed by atoms with van der Waals surface area (Å²) in [4.78, 5) is 0. The van der Waals surface area contributed by atoms with E-state index in [1.54, 1.807) is 13.0 Å². The molecule has 0 saturated carbocycles. The van der Waals surface area contributed by atoms with E-state index in [0.717, 1.165) is 77.0 Å². The standard InChI is InChI=1S/C54H71BF18NO3.C8H3F6/c1-5-9-13-16-19-23-27-74(28-24-20-17-14-10-6-2,29-25-21-18-15-11-7-3)46(26-22-12-8-4)48-45(54(71,72)73)36-42(53(68,69)70)37-47(48)77-55(75-43-32-38(49(56,57)58)30-39(33-43)50(59,60)61)76-44-34-40(51(62,63)64)31-41(35-44)52(65,66)67;9-7(10,11)5-2-1-3-6(4-5)8(12,13)14/h30-37,46H,5-29H2,1-4H3;2-4H/q+1;-1. The van der Waals surface area contributed by atoms with Crippen LogP contribution in [0.5, 0.6) is 17.2 Å². The van der Waals surface area contributed by atoms with Crippen molar-refractivity contribution in [2.45, 2.75) is 224 Å². The third kappa shape index (κ3) is 26.9. The second kappa shape index (κ2) is 34.7. The van der Waals surface area contributed by atoms with Gasteiger partial charge < -0.3 is 18.4 Å². The number of alkyl halides is 24. The molecule has 4 rings (SSSR count). The van der Waals surface area contributed by atoms with Crippen molar-refractivity contribution in [2.75, 3.05) is 19.6 Å². The van der Waals surface area contributed by atoms with Gasteiger partial charge in [-0.05, 0) is 93.5 Å². The summed E-state index contributed by atoms with van der Waals surface area (Å²) in [5.41, 5.74) is -15.9. The maximum atomic E-state index is 15.9. The number of hydrogen-bond donors (Lipinski definition) is 0. The van der Waals surface area contributed by atoms with Crippen LogP contribution in [0.4, 0.5) is 105 Å². The van der Waals surface area contributed by atoms with E-state index in [2.05, 4.69) is 0 Å². The SMILES string of the molecule is CCCCCCCC[N+](CCCCCCCC)(CCCCCCCC)C(CCCCC)c1c(OB(Oc2cc(C(F)(F)F)cc(C(F)(F)F)c2)Oc2cc(C(F)(F)F)cc(C(F)(F)F)c2)cc(C(F)(F)F)cc1C(F)(F)F.FC(F)(F)c1c[c-]cc(C(F)(F)F)c1. The number of hydrogen-bond acceptors (Lipinski definition) is 3. The second-order valence-electron chi connectivity index (χ2n) is 22.3. The van der Waals surface area contributed by atoms with Crippen molar-refractivity contribution in [1.82, 2.24) is 0 Å². The van der Waals surface area contributed by atoms with Gasteiger partial charge in [-0.25, -0.2) is 0 Å². The molecule has 0 amide bonds. The van der Waals surface area contributed by atoms with Crippen LogP contribution in [0.1, 0.15) is 225 Å². The maximum absolute atomic E-state index is 15.9. The van der Waals surface area contributed by atoms with E-state index in [0.29, 0.717) is 63.5 Å². The lowest BCUT2D eigenvalue weighted by Gasteiger charge is -2.47. The zero-order valence-electron chi connectivity index (χ0n) is 50.4. The fraction of sp³-hybridized carbons (Fsp3) is 0.613. The van der Waals surface area contributed by atoms with E-state index < -0.39 is 130 Å². The Balaban J connectivity index is 0.00000135. The van der Waals surface area contributed by atoms with Crippen LogP contribution in [-0.2, 0) is 49.4 Å². The van der Waals surface area contributed by atoms with Gasteiger partial charge in [0.05, 0.1) is 58.6 Å². The number of halogens is 24. The number of nitrogens with zero attached hydrogens (tertiary/aromatic N) is 1. The minimum absolute atomic E-state index is 0.0521. The molecule has 0 fully saturated rings. The number of rotatable bonds is 33. The Morgan fingerprint density at radius 2 is 0.615 bits per heavy atom. The highest BCUT2D eigenvalue weighted by Gasteiger charge is 2.49. The molecule has 0 saturated heterocycles. The van der Waals surface area contributed by atoms with Gasteiger partial charge in [0.1, 0.15) is 23.3 Å². The summed E-state index contributed by atoms with van der Waals surface area (Å²) in [6.07, 6.45) is -28.9. The molecule has 4 aromatic rings. The summed E-state index contributed by atoms with van der Waals surface area (Å²) in [6.45, 7) is 8.42. The van der Waals surface area contributed by atoms with Crippen molar-refractivity contribution in [3.05, 3.63) is 123 Å². The van der Waals surface area contributed by atoms with Gasteiger partial charge in [-0.15, -0.1) is 6.07 Å². The third-order valence-corrected chi connectivity index (χ3v) is 15.0. The lowest BCUT2D eigenvalue weighted by Crippen LogP contribution is -2.53. The first-order chi connectivity index (χ1) is 42.0. The predicted molar refractivity (Wildman–Crippen MR) is 294 cm³/mol. The van der Waals surface area contributed by atoms with E-state index in [-0.39, 0.29) is 91.6 Å². The smallest absolute Gasteiger partial charge is 0.490 e. The van der Waals surface area contributed by atoms with E-state index in [9.17, 15) is 92.2 Å². The molecule has 0 spiro atoms. The van der Waals surface area contributed by atoms with Gasteiger partial charge in [0.2, 0.25) is 0 Å². The Bertz CT molecular complexity index is 2570. The molecule has 0 aliphatic heterocycles. The van der Waals surface area contributed by atoms with Gasteiger partial charge >= 0.3 is 56.7 Å². The Morgan fingerprint density at radius 1 is 0.330 bits per heavy atom. The summed E-state index contributed by atoms with van der Waals surface area (Å²) in [7, 11) is -3.28. The maximum Gasteiger partial charge on any atom is 0.864 e. The highest BCUT2D eigenvalue weighted by atomic mass is 19.4. The molecule has 0 radical (unpaired) electrons. The second-order valence-corrected chi connectivity index (χ2v) is 22.3. The van der Waals surface area contributed by atoms with Crippen molar-refractivity contribution in [2.24, 2.45) is 0 Å². The fourth-order valence-electron chi connectivity index (χ4n) is 10.4. The van der Waals surface area contributed by atoms with E-state index in [1.807, 2.05) is 20.8 Å². The van der Waals surface area contributed by atoms with Crippen LogP contribution < -0.4 is 14.0 Å². The molecule has 0 N–H and O–H groups in total. The average Bonchev–Trinajstić information content (AvgIpc) is 0.757. The first kappa shape index (κ1) is 79.9. The van der Waals surface area contributed by atoms with Gasteiger partial charge in [-0.1, -0.05) is 129 Å². The Morgan fingerprint density at radius 3 is 0.923 bits per heavy atom. The van der Waals surface area contributed by atoms with Crippen LogP contribution in [-0.4, -0.2) is 31.4 Å². The Labute approximate surface area is 514 Å². The number of benzene rings is 4. The van der Waals surface area contributed by atoms with Crippen LogP contribution in [0, 0.1) is 6.07 Å². The summed E-state index contributed by atoms with van der Waals surface area (Å²) in [6, 6.07) is 0.150. The fourth-order valence-corrected chi connectivity index (χ4v) is 10.4. The van der Waals surface area contributed by atoms with Crippen molar-refractivity contribution in [3.63, 3.8) is 0 Å². The topological polar surface area (TPSA) is 27.7 Å². The molecule has 91 heavy (non-hydrogen) atoms. The molecule has 516 valence electrons. The summed E-state index contributed by atoms with van der Waals surface area (Å²) >= 11 is 0. The zero-order chi connectivity index (χ0) is 68.9. The highest BCUT2D eigenvalue weighted by molar-refractivity contribution is 6.39. The molecule has 0 bridgehead atoms. The van der Waals surface area contributed by atoms with Gasteiger partial charge in [0.25, 0.3) is 0 Å². The van der Waals surface area contributed by atoms with E-state index >= 15 is 13.2 Å². The van der Waals surface area contributed by atoms with E-state index in [4.69, 9.17) is 14.0 Å². The van der Waals surface area contributed by atoms with Gasteiger partial charge in [-0.3, -0.25) is 0 Å². The number of unbranched alkanes of at least 4 members (excludes halogenated alkanes) is 17. The Kier molecular flexibility index (Phi) is 30.4. The molecule has 0 aliphatic rings. The first-order valence-corrected chi connectivity index (χ1v) is 29.9. The monoisotopic (exact) mass is 1350 g/mol. The van der Waals surface area contributed by atoms with Crippen LogP contribution in [0.3, 0.4) is 0 Å². The minimum atomic E-state index is -5.66. The quantitative estimate of drug-likeness (QED) is 0.0156. The normalized spacial score (nSPS) is 13.5. The molecule has 4 nitrogen and oxygen atoms in total. The molecule has 1 atom stereocenters. The van der Waals surface area contributed by atoms with Gasteiger partial charge in [0.15, 0.2) is 0 Å². The van der Waals surface area contributed by atoms with E-state index in [1.165, 1.54) is 0 Å². The Hall–Kier alpha value is -5.38. The molecule has 4 aromatic carbocycles. The van der Waals surface area contributed by atoms with Crippen LogP contribution in [0.15, 0.2) is 66.7 Å². The first-order valence-electron chi connectivity index (χ1n) is 29.9. The molecule has 0 heterocycles. The van der Waals surface area contributed by atoms with Crippen LogP contribution in [0.2, 0.25) is 0 Å². The van der Waals surface area contributed by atoms with Crippen molar-refractivity contribution >= 4 is 7.32 Å². The van der Waals surface area contributed by atoms with Crippen LogP contribution in [0.25, 0.3) is 0 Å². The molecular formula is C62H74BF24NO3. The molecule has 1 unspecified atom stereocenters. The zero-order valence-corrected chi connectivity index (χ0v) is 50.4. The largest absolute Gasteiger partial charge is 0.864 e. The van der Waals surface area contributed by atoms with Crippen molar-refractivity contribution in [3.8, 4) is 17.2 Å². The van der Waals surface area contributed by atoms with Crippen molar-refractivity contribution < 1.29 is 124 Å². The number of quaternary nitrogens is 1. The summed E-state index contributed by atoms with van der Waals surface area (Å²) in [5.74, 6) is -4.49. The lowest BCUT2D eigenvalue weighted by molar-refractivity contribution is -0.958. The molecule has 0 aliphatic carbocycles. The third-order valence-electron chi connectivity index (χ3n) is 15.0. The lowest BCUT2D eigenvalue weighted by atomic mass is 9.88. The minimum Gasteiger partial charge on any atom is -0.490 e.